The van der Waals surface area contributed by atoms with Gasteiger partial charge in [-0.3, -0.25) is 0 Å². The van der Waals surface area contributed by atoms with E-state index in [-0.39, 0.29) is 0 Å². The Bertz CT molecular complexity index is 398. The minimum absolute atomic E-state index is 0.501. The lowest BCUT2D eigenvalue weighted by atomic mass is 9.88. The van der Waals surface area contributed by atoms with Crippen LogP contribution in [-0.4, -0.2) is 7.11 Å². The highest BCUT2D eigenvalue weighted by Crippen LogP contribution is 2.37. The molecule has 0 spiro atoms. The molecule has 0 aliphatic rings. The highest BCUT2D eigenvalue weighted by molar-refractivity contribution is 5.48. The number of methoxy groups -OCH3 is 1. The van der Waals surface area contributed by atoms with Gasteiger partial charge in [-0.1, -0.05) is 66.7 Å². The maximum Gasteiger partial charge on any atom is 0.125 e. The maximum absolute atomic E-state index is 5.63. The molecule has 1 nitrogen and oxygen atoms in total. The van der Waals surface area contributed by atoms with Crippen LogP contribution in [0.5, 0.6) is 5.75 Å². The van der Waals surface area contributed by atoms with Crippen LogP contribution in [0.1, 0.15) is 89.3 Å². The van der Waals surface area contributed by atoms with Gasteiger partial charge in [0, 0.05) is 0 Å². The number of allylic oxidation sites excluding steroid dienone is 1. The fourth-order valence-corrected chi connectivity index (χ4v) is 2.13. The molecule has 120 valence electrons. The van der Waals surface area contributed by atoms with E-state index in [1.54, 1.807) is 7.11 Å². The number of benzene rings is 1. The van der Waals surface area contributed by atoms with E-state index in [4.69, 9.17) is 4.74 Å². The minimum Gasteiger partial charge on any atom is -0.496 e. The summed E-state index contributed by atoms with van der Waals surface area (Å²) in [5, 5.41) is 0. The average Bonchev–Trinajstić information content (AvgIpc) is 2.45. The predicted molar refractivity (Wildman–Crippen MR) is 95.7 cm³/mol. The minimum atomic E-state index is 0.501. The van der Waals surface area contributed by atoms with Crippen LogP contribution in [0.3, 0.4) is 0 Å². The Balaban J connectivity index is 0.000000885. The van der Waals surface area contributed by atoms with Crippen LogP contribution in [0, 0.1) is 0 Å². The molecule has 0 radical (unpaired) electrons. The van der Waals surface area contributed by atoms with Gasteiger partial charge in [-0.15, -0.1) is 6.58 Å². The molecule has 1 rings (SSSR count). The monoisotopic (exact) mass is 290 g/mol. The van der Waals surface area contributed by atoms with Gasteiger partial charge in [0.25, 0.3) is 0 Å². The third-order valence-electron chi connectivity index (χ3n) is 3.57. The van der Waals surface area contributed by atoms with E-state index in [2.05, 4.69) is 67.2 Å². The first-order chi connectivity index (χ1) is 9.79. The quantitative estimate of drug-likeness (QED) is 0.552. The zero-order valence-electron chi connectivity index (χ0n) is 15.3. The summed E-state index contributed by atoms with van der Waals surface area (Å²) in [6.45, 7) is 18.9. The van der Waals surface area contributed by atoms with Crippen LogP contribution in [-0.2, 0) is 0 Å². The Kier molecular flexibility index (Phi) is 9.08. The molecule has 0 aromatic heterocycles. The average molecular weight is 290 g/mol. The molecular weight excluding hydrogens is 256 g/mol. The summed E-state index contributed by atoms with van der Waals surface area (Å²) in [5.41, 5.74) is 4.09. The molecule has 0 saturated carbocycles. The third kappa shape index (κ3) is 5.95. The van der Waals surface area contributed by atoms with Crippen molar-refractivity contribution in [1.82, 2.24) is 0 Å². The Labute approximate surface area is 132 Å². The molecule has 0 aliphatic carbocycles. The lowest BCUT2D eigenvalue weighted by Crippen LogP contribution is -2.03. The van der Waals surface area contributed by atoms with Crippen molar-refractivity contribution in [3.63, 3.8) is 0 Å². The molecule has 0 unspecified atom stereocenters. The molecule has 0 atom stereocenters. The van der Waals surface area contributed by atoms with E-state index in [1.165, 1.54) is 16.7 Å². The Morgan fingerprint density at radius 3 is 1.52 bits per heavy atom. The summed E-state index contributed by atoms with van der Waals surface area (Å²) in [6.07, 6.45) is 2.96. The van der Waals surface area contributed by atoms with Crippen molar-refractivity contribution in [2.75, 3.05) is 7.11 Å². The largest absolute Gasteiger partial charge is 0.496 e. The summed E-state index contributed by atoms with van der Waals surface area (Å²) in [5.74, 6) is 2.65. The van der Waals surface area contributed by atoms with Gasteiger partial charge in [0.15, 0.2) is 0 Å². The third-order valence-corrected chi connectivity index (χ3v) is 3.57. The van der Waals surface area contributed by atoms with Gasteiger partial charge < -0.3 is 4.74 Å². The Morgan fingerprint density at radius 2 is 1.33 bits per heavy atom. The topological polar surface area (TPSA) is 9.23 Å². The van der Waals surface area contributed by atoms with Crippen LogP contribution in [0.15, 0.2) is 24.8 Å². The normalized spacial score (nSPS) is 10.6. The molecule has 0 bridgehead atoms. The summed E-state index contributed by atoms with van der Waals surface area (Å²) in [4.78, 5) is 0. The molecule has 0 saturated heterocycles. The standard InChI is InChI=1S/C16H26O.C4H8/c1-10(2)13-8-14(11(3)4)16(17-7)15(9-13)12(5)6;1-3-4-2/h8-12H,1-7H3;3H,1,4H2,2H3. The van der Waals surface area contributed by atoms with Gasteiger partial charge in [0.1, 0.15) is 5.75 Å². The highest BCUT2D eigenvalue weighted by atomic mass is 16.5. The molecule has 1 heteroatoms. The van der Waals surface area contributed by atoms with Crippen LogP contribution in [0.4, 0.5) is 0 Å². The second kappa shape index (κ2) is 9.65. The predicted octanol–water partition coefficient (Wildman–Crippen LogP) is 6.65. The molecule has 0 amide bonds. The molecule has 0 N–H and O–H groups in total. The summed E-state index contributed by atoms with van der Waals surface area (Å²) in [6, 6.07) is 4.61. The lowest BCUT2D eigenvalue weighted by molar-refractivity contribution is 0.400. The smallest absolute Gasteiger partial charge is 0.125 e. The molecule has 0 aliphatic heterocycles. The van der Waals surface area contributed by atoms with Gasteiger partial charge in [0.05, 0.1) is 7.11 Å². The Hall–Kier alpha value is -1.24. The fourth-order valence-electron chi connectivity index (χ4n) is 2.13. The van der Waals surface area contributed by atoms with Gasteiger partial charge in [-0.2, -0.15) is 0 Å². The van der Waals surface area contributed by atoms with Crippen molar-refractivity contribution in [3.8, 4) is 5.75 Å². The molecule has 1 aromatic carbocycles. The molecule has 21 heavy (non-hydrogen) atoms. The second-order valence-corrected chi connectivity index (χ2v) is 6.39. The first-order valence-corrected chi connectivity index (χ1v) is 8.12. The van der Waals surface area contributed by atoms with Gasteiger partial charge in [-0.25, -0.2) is 0 Å². The number of hydrogen-bond acceptors (Lipinski definition) is 1. The van der Waals surface area contributed by atoms with Crippen LogP contribution in [0.25, 0.3) is 0 Å². The summed E-state index contributed by atoms with van der Waals surface area (Å²) < 4.78 is 5.63. The first-order valence-electron chi connectivity index (χ1n) is 8.12. The lowest BCUT2D eigenvalue weighted by Gasteiger charge is -2.21. The molecular formula is C20H34O. The van der Waals surface area contributed by atoms with E-state index in [0.29, 0.717) is 17.8 Å². The fraction of sp³-hybridized carbons (Fsp3) is 0.600. The number of hydrogen-bond donors (Lipinski definition) is 0. The van der Waals surface area contributed by atoms with Crippen molar-refractivity contribution >= 4 is 0 Å². The van der Waals surface area contributed by atoms with Crippen molar-refractivity contribution in [3.05, 3.63) is 41.5 Å². The second-order valence-electron chi connectivity index (χ2n) is 6.39. The molecule has 1 aromatic rings. The van der Waals surface area contributed by atoms with E-state index in [1.807, 2.05) is 6.08 Å². The van der Waals surface area contributed by atoms with Gasteiger partial charge in [0.2, 0.25) is 0 Å². The molecule has 0 fully saturated rings. The van der Waals surface area contributed by atoms with Crippen LogP contribution >= 0.6 is 0 Å². The highest BCUT2D eigenvalue weighted by Gasteiger charge is 2.17. The molecule has 0 heterocycles. The first kappa shape index (κ1) is 19.8. The zero-order valence-corrected chi connectivity index (χ0v) is 15.3. The van der Waals surface area contributed by atoms with E-state index >= 15 is 0 Å². The van der Waals surface area contributed by atoms with Crippen molar-refractivity contribution in [2.24, 2.45) is 0 Å². The van der Waals surface area contributed by atoms with E-state index < -0.39 is 0 Å². The van der Waals surface area contributed by atoms with E-state index in [9.17, 15) is 0 Å². The van der Waals surface area contributed by atoms with Gasteiger partial charge >= 0.3 is 0 Å². The van der Waals surface area contributed by atoms with Crippen molar-refractivity contribution in [2.45, 2.75) is 72.6 Å². The Morgan fingerprint density at radius 1 is 0.952 bits per heavy atom. The number of rotatable bonds is 5. The van der Waals surface area contributed by atoms with Gasteiger partial charge in [-0.05, 0) is 40.9 Å². The summed E-state index contributed by atoms with van der Waals surface area (Å²) in [7, 11) is 1.78. The van der Waals surface area contributed by atoms with Crippen molar-refractivity contribution in [1.29, 1.82) is 0 Å². The SMILES string of the molecule is C=CCC.COc1c(C(C)C)cc(C(C)C)cc1C(C)C. The van der Waals surface area contributed by atoms with Crippen molar-refractivity contribution < 1.29 is 4.74 Å². The van der Waals surface area contributed by atoms with Crippen LogP contribution in [0.2, 0.25) is 0 Å². The van der Waals surface area contributed by atoms with E-state index in [0.717, 1.165) is 12.2 Å². The van der Waals surface area contributed by atoms with Crippen LogP contribution < -0.4 is 4.74 Å². The summed E-state index contributed by atoms with van der Waals surface area (Å²) >= 11 is 0. The zero-order chi connectivity index (χ0) is 16.6. The maximum atomic E-state index is 5.63. The number of ether oxygens (including phenoxy) is 1.